The number of amides is 1. The monoisotopic (exact) mass is 358 g/mol. The van der Waals surface area contributed by atoms with Crippen molar-refractivity contribution in [2.24, 2.45) is 0 Å². The van der Waals surface area contributed by atoms with Crippen LogP contribution in [0.1, 0.15) is 32.8 Å². The highest BCUT2D eigenvalue weighted by atomic mass is 32.1. The number of nitrogens with zero attached hydrogens (tertiary/aromatic N) is 1. The van der Waals surface area contributed by atoms with Crippen LogP contribution in [0.5, 0.6) is 17.2 Å². The van der Waals surface area contributed by atoms with Crippen LogP contribution in [0.15, 0.2) is 12.1 Å². The van der Waals surface area contributed by atoms with E-state index in [2.05, 4.69) is 11.4 Å². The fourth-order valence-electron chi connectivity index (χ4n) is 3.00. The van der Waals surface area contributed by atoms with E-state index in [9.17, 15) is 10.1 Å². The average molecular weight is 358 g/mol. The third-order valence-corrected chi connectivity index (χ3v) is 5.39. The first-order chi connectivity index (χ1) is 12.1. The fourth-order valence-corrected chi connectivity index (χ4v) is 4.23. The number of nitrogens with one attached hydrogen (secondary N) is 1. The molecule has 25 heavy (non-hydrogen) atoms. The molecule has 3 rings (SSSR count). The number of nitriles is 1. The largest absolute Gasteiger partial charge is 0.493 e. The summed E-state index contributed by atoms with van der Waals surface area (Å²) < 4.78 is 15.8. The minimum Gasteiger partial charge on any atom is -0.493 e. The maximum atomic E-state index is 12.7. The Hall–Kier alpha value is -2.72. The van der Waals surface area contributed by atoms with Crippen LogP contribution in [0.4, 0.5) is 5.00 Å². The van der Waals surface area contributed by atoms with E-state index in [1.165, 1.54) is 37.5 Å². The van der Waals surface area contributed by atoms with Gasteiger partial charge in [0.2, 0.25) is 5.75 Å². The Morgan fingerprint density at radius 1 is 1.16 bits per heavy atom. The molecule has 1 aromatic heterocycles. The summed E-state index contributed by atoms with van der Waals surface area (Å²) >= 11 is 1.48. The second-order valence-corrected chi connectivity index (χ2v) is 6.65. The van der Waals surface area contributed by atoms with Crippen molar-refractivity contribution in [1.82, 2.24) is 0 Å². The molecule has 6 nitrogen and oxygen atoms in total. The number of rotatable bonds is 5. The number of aryl methyl sites for hydroxylation is 1. The van der Waals surface area contributed by atoms with E-state index in [1.807, 2.05) is 0 Å². The molecule has 2 aromatic rings. The van der Waals surface area contributed by atoms with Gasteiger partial charge in [0.25, 0.3) is 5.91 Å². The summed E-state index contributed by atoms with van der Waals surface area (Å²) in [6, 6.07) is 5.40. The van der Waals surface area contributed by atoms with Gasteiger partial charge in [-0.15, -0.1) is 11.3 Å². The Morgan fingerprint density at radius 2 is 1.84 bits per heavy atom. The summed E-state index contributed by atoms with van der Waals surface area (Å²) in [4.78, 5) is 13.9. The SMILES string of the molecule is COc1cc(C(=O)Nc2sc3c(c2C#N)CCC3)cc(OC)c1OC. The molecule has 1 N–H and O–H groups in total. The third kappa shape index (κ3) is 3.01. The van der Waals surface area contributed by atoms with E-state index >= 15 is 0 Å². The third-order valence-electron chi connectivity index (χ3n) is 4.19. The fraction of sp³-hybridized carbons (Fsp3) is 0.333. The molecule has 0 atom stereocenters. The summed E-state index contributed by atoms with van der Waals surface area (Å²) in [7, 11) is 4.50. The van der Waals surface area contributed by atoms with Crippen molar-refractivity contribution in [2.45, 2.75) is 19.3 Å². The van der Waals surface area contributed by atoms with Crippen molar-refractivity contribution in [2.75, 3.05) is 26.6 Å². The van der Waals surface area contributed by atoms with Crippen LogP contribution in [-0.4, -0.2) is 27.2 Å². The molecule has 1 aliphatic rings. The summed E-state index contributed by atoms with van der Waals surface area (Å²) in [6.07, 6.45) is 2.93. The second kappa shape index (κ2) is 7.03. The topological polar surface area (TPSA) is 80.6 Å². The smallest absolute Gasteiger partial charge is 0.256 e. The zero-order valence-electron chi connectivity index (χ0n) is 14.3. The molecule has 0 saturated carbocycles. The van der Waals surface area contributed by atoms with Crippen LogP contribution in [0.25, 0.3) is 0 Å². The molecule has 0 spiro atoms. The van der Waals surface area contributed by atoms with Crippen LogP contribution in [0.2, 0.25) is 0 Å². The number of hydrogen-bond acceptors (Lipinski definition) is 6. The number of benzene rings is 1. The number of carbonyl (C=O) groups excluding carboxylic acids is 1. The van der Waals surface area contributed by atoms with Crippen LogP contribution >= 0.6 is 11.3 Å². The molecule has 7 heteroatoms. The number of hydrogen-bond donors (Lipinski definition) is 1. The van der Waals surface area contributed by atoms with Gasteiger partial charge >= 0.3 is 0 Å². The van der Waals surface area contributed by atoms with E-state index in [0.29, 0.717) is 33.4 Å². The Kier molecular flexibility index (Phi) is 4.81. The Bertz CT molecular complexity index is 842. The van der Waals surface area contributed by atoms with Crippen molar-refractivity contribution < 1.29 is 19.0 Å². The van der Waals surface area contributed by atoms with Crippen LogP contribution in [0, 0.1) is 11.3 Å². The number of thiophene rings is 1. The minimum atomic E-state index is -0.323. The minimum absolute atomic E-state index is 0.323. The van der Waals surface area contributed by atoms with Crippen molar-refractivity contribution in [3.05, 3.63) is 33.7 Å². The quantitative estimate of drug-likeness (QED) is 0.886. The number of fused-ring (bicyclic) bond motifs is 1. The zero-order valence-corrected chi connectivity index (χ0v) is 15.1. The summed E-state index contributed by atoms with van der Waals surface area (Å²) in [6.45, 7) is 0. The Balaban J connectivity index is 1.93. The average Bonchev–Trinajstić information content (AvgIpc) is 3.20. The lowest BCUT2D eigenvalue weighted by molar-refractivity contribution is 0.102. The Morgan fingerprint density at radius 3 is 2.40 bits per heavy atom. The van der Waals surface area contributed by atoms with Gasteiger partial charge in [0.15, 0.2) is 11.5 Å². The van der Waals surface area contributed by atoms with E-state index in [4.69, 9.17) is 14.2 Å². The molecule has 0 radical (unpaired) electrons. The molecule has 0 unspecified atom stereocenters. The van der Waals surface area contributed by atoms with Gasteiger partial charge in [-0.3, -0.25) is 4.79 Å². The van der Waals surface area contributed by atoms with E-state index in [0.717, 1.165) is 24.8 Å². The maximum Gasteiger partial charge on any atom is 0.256 e. The molecule has 130 valence electrons. The summed E-state index contributed by atoms with van der Waals surface area (Å²) in [5.74, 6) is 0.910. The Labute approximate surface area is 149 Å². The van der Waals surface area contributed by atoms with Gasteiger partial charge in [0, 0.05) is 10.4 Å². The van der Waals surface area contributed by atoms with E-state index < -0.39 is 0 Å². The number of anilines is 1. The highest BCUT2D eigenvalue weighted by Crippen LogP contribution is 2.40. The molecule has 0 saturated heterocycles. The lowest BCUT2D eigenvalue weighted by atomic mass is 10.1. The standard InChI is InChI=1S/C18H18N2O4S/c1-22-13-7-10(8-14(23-2)16(13)24-3)17(21)20-18-12(9-19)11-5-4-6-15(11)25-18/h7-8H,4-6H2,1-3H3,(H,20,21). The first-order valence-corrected chi connectivity index (χ1v) is 8.60. The number of carbonyl (C=O) groups is 1. The number of ether oxygens (including phenoxy) is 3. The van der Waals surface area contributed by atoms with Crippen molar-refractivity contribution in [3.8, 4) is 23.3 Å². The van der Waals surface area contributed by atoms with Crippen LogP contribution in [-0.2, 0) is 12.8 Å². The van der Waals surface area contributed by atoms with Gasteiger partial charge in [-0.05, 0) is 37.0 Å². The molecule has 1 aliphatic carbocycles. The van der Waals surface area contributed by atoms with Crippen molar-refractivity contribution in [1.29, 1.82) is 5.26 Å². The second-order valence-electron chi connectivity index (χ2n) is 5.54. The lowest BCUT2D eigenvalue weighted by Crippen LogP contribution is -2.12. The van der Waals surface area contributed by atoms with E-state index in [-0.39, 0.29) is 5.91 Å². The highest BCUT2D eigenvalue weighted by molar-refractivity contribution is 7.16. The molecule has 1 amide bonds. The van der Waals surface area contributed by atoms with Gasteiger partial charge < -0.3 is 19.5 Å². The molecular formula is C18H18N2O4S. The maximum absolute atomic E-state index is 12.7. The van der Waals surface area contributed by atoms with Gasteiger partial charge in [-0.25, -0.2) is 0 Å². The predicted octanol–water partition coefficient (Wildman–Crippen LogP) is 3.39. The predicted molar refractivity (Wildman–Crippen MR) is 95.1 cm³/mol. The first kappa shape index (κ1) is 17.1. The molecule has 1 heterocycles. The first-order valence-electron chi connectivity index (χ1n) is 7.78. The van der Waals surface area contributed by atoms with Crippen LogP contribution in [0.3, 0.4) is 0 Å². The van der Waals surface area contributed by atoms with Crippen molar-refractivity contribution >= 4 is 22.2 Å². The van der Waals surface area contributed by atoms with Crippen LogP contribution < -0.4 is 19.5 Å². The lowest BCUT2D eigenvalue weighted by Gasteiger charge is -2.14. The summed E-state index contributed by atoms with van der Waals surface area (Å²) in [5, 5.41) is 12.9. The zero-order chi connectivity index (χ0) is 18.0. The normalized spacial score (nSPS) is 12.2. The van der Waals surface area contributed by atoms with Gasteiger partial charge in [0.1, 0.15) is 11.1 Å². The van der Waals surface area contributed by atoms with Gasteiger partial charge in [-0.2, -0.15) is 5.26 Å². The molecule has 1 aromatic carbocycles. The molecule has 0 bridgehead atoms. The van der Waals surface area contributed by atoms with Gasteiger partial charge in [-0.1, -0.05) is 0 Å². The molecule has 0 fully saturated rings. The van der Waals surface area contributed by atoms with Crippen molar-refractivity contribution in [3.63, 3.8) is 0 Å². The number of methoxy groups -OCH3 is 3. The highest BCUT2D eigenvalue weighted by Gasteiger charge is 2.24. The molecular weight excluding hydrogens is 340 g/mol. The van der Waals surface area contributed by atoms with Gasteiger partial charge in [0.05, 0.1) is 26.9 Å². The molecule has 0 aliphatic heterocycles. The van der Waals surface area contributed by atoms with E-state index in [1.54, 1.807) is 12.1 Å². The summed E-state index contributed by atoms with van der Waals surface area (Å²) in [5.41, 5.74) is 2.03.